The summed E-state index contributed by atoms with van der Waals surface area (Å²) >= 11 is 0. The number of nitrogen functional groups attached to an aromatic ring is 1. The van der Waals surface area contributed by atoms with Crippen molar-refractivity contribution in [1.82, 2.24) is 9.88 Å². The molecular weight excluding hydrogens is 202 g/mol. The fraction of sp³-hybridized carbons (Fsp3) is 0.500. The highest BCUT2D eigenvalue weighted by Gasteiger charge is 2.23. The first-order valence-electron chi connectivity index (χ1n) is 5.68. The number of anilines is 1. The number of nitrogens with zero attached hydrogens (tertiary/aromatic N) is 2. The van der Waals surface area contributed by atoms with Gasteiger partial charge in [0.2, 0.25) is 0 Å². The lowest BCUT2D eigenvalue weighted by molar-refractivity contribution is 0.0678. The minimum atomic E-state index is -0.0374. The number of piperidine rings is 1. The summed E-state index contributed by atoms with van der Waals surface area (Å²) in [7, 11) is 0. The van der Waals surface area contributed by atoms with Gasteiger partial charge >= 0.3 is 0 Å². The quantitative estimate of drug-likeness (QED) is 0.779. The summed E-state index contributed by atoms with van der Waals surface area (Å²) in [4.78, 5) is 18.1. The Morgan fingerprint density at radius 1 is 1.62 bits per heavy atom. The summed E-state index contributed by atoms with van der Waals surface area (Å²) in [6.07, 6.45) is 3.87. The number of rotatable bonds is 1. The third kappa shape index (κ3) is 2.15. The van der Waals surface area contributed by atoms with Crippen molar-refractivity contribution in [2.45, 2.75) is 19.8 Å². The Balaban J connectivity index is 2.16. The minimum Gasteiger partial charge on any atom is -0.397 e. The molecule has 0 aromatic carbocycles. The van der Waals surface area contributed by atoms with E-state index in [2.05, 4.69) is 11.9 Å². The molecule has 16 heavy (non-hydrogen) atoms. The Hall–Kier alpha value is -1.58. The standard InChI is InChI=1S/C12H17N3O/c1-9-4-3-7-15(8-9)12(16)11-10(13)5-2-6-14-11/h2,5-6,9H,3-4,7-8,13H2,1H3. The van der Waals surface area contributed by atoms with Gasteiger partial charge in [0.05, 0.1) is 5.69 Å². The zero-order chi connectivity index (χ0) is 11.5. The van der Waals surface area contributed by atoms with Gasteiger partial charge in [-0.3, -0.25) is 4.79 Å². The fourth-order valence-corrected chi connectivity index (χ4v) is 2.12. The van der Waals surface area contributed by atoms with Crippen molar-refractivity contribution in [1.29, 1.82) is 0 Å². The lowest BCUT2D eigenvalue weighted by atomic mass is 10.00. The fourth-order valence-electron chi connectivity index (χ4n) is 2.12. The van der Waals surface area contributed by atoms with Crippen molar-refractivity contribution in [3.8, 4) is 0 Å². The van der Waals surface area contributed by atoms with Gasteiger partial charge in [-0.2, -0.15) is 0 Å². The monoisotopic (exact) mass is 219 g/mol. The van der Waals surface area contributed by atoms with Gasteiger partial charge in [-0.1, -0.05) is 6.92 Å². The Labute approximate surface area is 95.5 Å². The van der Waals surface area contributed by atoms with Gasteiger partial charge in [0, 0.05) is 19.3 Å². The second-order valence-corrected chi connectivity index (χ2v) is 4.44. The summed E-state index contributed by atoms with van der Waals surface area (Å²) in [6.45, 7) is 3.80. The average molecular weight is 219 g/mol. The summed E-state index contributed by atoms with van der Waals surface area (Å²) in [6, 6.07) is 3.46. The first-order chi connectivity index (χ1) is 7.68. The van der Waals surface area contributed by atoms with Crippen LogP contribution in [0.2, 0.25) is 0 Å². The van der Waals surface area contributed by atoms with Crippen LogP contribution in [0, 0.1) is 5.92 Å². The minimum absolute atomic E-state index is 0.0374. The molecule has 1 amide bonds. The van der Waals surface area contributed by atoms with E-state index in [1.54, 1.807) is 18.3 Å². The topological polar surface area (TPSA) is 59.2 Å². The van der Waals surface area contributed by atoms with Gasteiger partial charge in [-0.05, 0) is 30.9 Å². The second-order valence-electron chi connectivity index (χ2n) is 4.44. The zero-order valence-electron chi connectivity index (χ0n) is 9.52. The molecule has 0 bridgehead atoms. The average Bonchev–Trinajstić information content (AvgIpc) is 2.29. The van der Waals surface area contributed by atoms with E-state index < -0.39 is 0 Å². The van der Waals surface area contributed by atoms with E-state index in [4.69, 9.17) is 5.73 Å². The van der Waals surface area contributed by atoms with Gasteiger partial charge in [0.15, 0.2) is 5.69 Å². The number of likely N-dealkylation sites (tertiary alicyclic amines) is 1. The molecule has 1 aromatic rings. The van der Waals surface area contributed by atoms with Crippen LogP contribution in [0.15, 0.2) is 18.3 Å². The molecule has 1 saturated heterocycles. The number of hydrogen-bond donors (Lipinski definition) is 1. The van der Waals surface area contributed by atoms with Gasteiger partial charge < -0.3 is 10.6 Å². The molecule has 1 unspecified atom stereocenters. The Morgan fingerprint density at radius 3 is 3.12 bits per heavy atom. The lowest BCUT2D eigenvalue weighted by Gasteiger charge is -2.30. The molecule has 4 nitrogen and oxygen atoms in total. The van der Waals surface area contributed by atoms with Crippen molar-refractivity contribution in [2.24, 2.45) is 5.92 Å². The number of amides is 1. The van der Waals surface area contributed by atoms with E-state index in [9.17, 15) is 4.79 Å². The number of hydrogen-bond acceptors (Lipinski definition) is 3. The summed E-state index contributed by atoms with van der Waals surface area (Å²) in [5, 5.41) is 0. The van der Waals surface area contributed by atoms with Crippen LogP contribution < -0.4 is 5.73 Å². The van der Waals surface area contributed by atoms with Crippen molar-refractivity contribution < 1.29 is 4.79 Å². The number of pyridine rings is 1. The third-order valence-electron chi connectivity index (χ3n) is 2.99. The summed E-state index contributed by atoms with van der Waals surface area (Å²) < 4.78 is 0. The molecule has 1 fully saturated rings. The molecule has 4 heteroatoms. The largest absolute Gasteiger partial charge is 0.397 e. The van der Waals surface area contributed by atoms with Gasteiger partial charge in [0.1, 0.15) is 0 Å². The summed E-state index contributed by atoms with van der Waals surface area (Å²) in [5.74, 6) is 0.535. The highest BCUT2D eigenvalue weighted by molar-refractivity contribution is 5.97. The maximum atomic E-state index is 12.1. The second kappa shape index (κ2) is 4.51. The van der Waals surface area contributed by atoms with E-state index in [-0.39, 0.29) is 5.91 Å². The first-order valence-corrected chi connectivity index (χ1v) is 5.68. The molecule has 1 atom stereocenters. The van der Waals surface area contributed by atoms with Crippen molar-refractivity contribution in [3.63, 3.8) is 0 Å². The number of carbonyl (C=O) groups excluding carboxylic acids is 1. The van der Waals surface area contributed by atoms with Gasteiger partial charge in [-0.25, -0.2) is 4.98 Å². The molecule has 2 N–H and O–H groups in total. The smallest absolute Gasteiger partial charge is 0.274 e. The summed E-state index contributed by atoms with van der Waals surface area (Å²) in [5.41, 5.74) is 6.60. The molecule has 0 spiro atoms. The van der Waals surface area contributed by atoms with Crippen molar-refractivity contribution in [3.05, 3.63) is 24.0 Å². The third-order valence-corrected chi connectivity index (χ3v) is 2.99. The Kier molecular flexibility index (Phi) is 3.08. The predicted molar refractivity (Wildman–Crippen MR) is 63.0 cm³/mol. The molecule has 1 aliphatic heterocycles. The predicted octanol–water partition coefficient (Wildman–Crippen LogP) is 1.54. The van der Waals surface area contributed by atoms with E-state index in [1.807, 2.05) is 4.90 Å². The zero-order valence-corrected chi connectivity index (χ0v) is 9.52. The van der Waals surface area contributed by atoms with E-state index in [1.165, 1.54) is 6.42 Å². The molecule has 2 heterocycles. The highest BCUT2D eigenvalue weighted by atomic mass is 16.2. The molecule has 1 aliphatic rings. The molecule has 86 valence electrons. The van der Waals surface area contributed by atoms with Crippen LogP contribution in [0.5, 0.6) is 0 Å². The number of carbonyl (C=O) groups is 1. The van der Waals surface area contributed by atoms with Crippen LogP contribution in [-0.2, 0) is 0 Å². The highest BCUT2D eigenvalue weighted by Crippen LogP contribution is 2.19. The van der Waals surface area contributed by atoms with Crippen LogP contribution in [0.4, 0.5) is 5.69 Å². The van der Waals surface area contributed by atoms with Gasteiger partial charge in [-0.15, -0.1) is 0 Å². The Morgan fingerprint density at radius 2 is 2.44 bits per heavy atom. The first kappa shape index (κ1) is 10.9. The molecule has 0 saturated carbocycles. The lowest BCUT2D eigenvalue weighted by Crippen LogP contribution is -2.39. The van der Waals surface area contributed by atoms with Crippen LogP contribution in [0.3, 0.4) is 0 Å². The molecule has 2 rings (SSSR count). The van der Waals surface area contributed by atoms with Crippen molar-refractivity contribution >= 4 is 11.6 Å². The Bertz CT molecular complexity index is 392. The molecule has 0 radical (unpaired) electrons. The van der Waals surface area contributed by atoms with Crippen LogP contribution in [-0.4, -0.2) is 28.9 Å². The molecular formula is C12H17N3O. The van der Waals surface area contributed by atoms with E-state index in [0.717, 1.165) is 19.5 Å². The molecule has 0 aliphatic carbocycles. The molecule has 1 aromatic heterocycles. The van der Waals surface area contributed by atoms with Crippen LogP contribution >= 0.6 is 0 Å². The number of aromatic nitrogens is 1. The van der Waals surface area contributed by atoms with Gasteiger partial charge in [0.25, 0.3) is 5.91 Å². The van der Waals surface area contributed by atoms with Crippen LogP contribution in [0.25, 0.3) is 0 Å². The number of nitrogens with two attached hydrogens (primary N) is 1. The maximum Gasteiger partial charge on any atom is 0.274 e. The normalized spacial score (nSPS) is 20.8. The van der Waals surface area contributed by atoms with Crippen molar-refractivity contribution in [2.75, 3.05) is 18.8 Å². The van der Waals surface area contributed by atoms with E-state index in [0.29, 0.717) is 17.3 Å². The van der Waals surface area contributed by atoms with E-state index >= 15 is 0 Å². The SMILES string of the molecule is CC1CCCN(C(=O)c2ncccc2N)C1. The van der Waals surface area contributed by atoms with Crippen LogP contribution in [0.1, 0.15) is 30.3 Å². The maximum absolute atomic E-state index is 12.1.